The molecule has 3 heterocycles. The summed E-state index contributed by atoms with van der Waals surface area (Å²) in [6.07, 6.45) is 11.0. The lowest BCUT2D eigenvalue weighted by molar-refractivity contribution is -0.123. The van der Waals surface area contributed by atoms with Crippen LogP contribution in [0.3, 0.4) is 0 Å². The van der Waals surface area contributed by atoms with Crippen LogP contribution in [0.4, 0.5) is 0 Å². The molecule has 1 aliphatic rings. The highest BCUT2D eigenvalue weighted by molar-refractivity contribution is 5.83. The van der Waals surface area contributed by atoms with Gasteiger partial charge in [-0.25, -0.2) is 4.79 Å². The number of carbonyl (C=O) groups excluding carboxylic acids is 1. The van der Waals surface area contributed by atoms with Crippen molar-refractivity contribution in [3.05, 3.63) is 70.5 Å². The van der Waals surface area contributed by atoms with Crippen LogP contribution in [0.2, 0.25) is 0 Å². The van der Waals surface area contributed by atoms with E-state index in [0.29, 0.717) is 18.8 Å². The lowest BCUT2D eigenvalue weighted by Gasteiger charge is -2.23. The number of nitrogens with zero attached hydrogens (tertiary/aromatic N) is 6. The molecule has 2 unspecified atom stereocenters. The molecule has 1 fully saturated rings. The van der Waals surface area contributed by atoms with Gasteiger partial charge in [0.15, 0.2) is 5.78 Å². The normalized spacial score (nSPS) is 18.0. The van der Waals surface area contributed by atoms with Gasteiger partial charge in [-0.15, -0.1) is 10.2 Å². The molecular formula is C29H35N7O2. The van der Waals surface area contributed by atoms with E-state index in [1.54, 1.807) is 4.57 Å². The van der Waals surface area contributed by atoms with Crippen LogP contribution in [0.1, 0.15) is 76.1 Å². The zero-order valence-corrected chi connectivity index (χ0v) is 22.1. The maximum Gasteiger partial charge on any atom is 0.329 e. The van der Waals surface area contributed by atoms with E-state index in [1.807, 2.05) is 53.4 Å². The summed E-state index contributed by atoms with van der Waals surface area (Å²) in [6, 6.07) is 11.4. The summed E-state index contributed by atoms with van der Waals surface area (Å²) in [7, 11) is 0. The summed E-state index contributed by atoms with van der Waals surface area (Å²) in [6.45, 7) is 4.69. The van der Waals surface area contributed by atoms with Crippen LogP contribution < -0.4 is 5.69 Å². The number of aromatic amines is 1. The Kier molecular flexibility index (Phi) is 7.91. The number of aryl methyl sites for hydroxylation is 1. The molecule has 0 saturated heterocycles. The number of H-pyrrole nitrogens is 1. The van der Waals surface area contributed by atoms with Crippen LogP contribution in [0.15, 0.2) is 53.6 Å². The van der Waals surface area contributed by atoms with Crippen LogP contribution in [0.25, 0.3) is 22.6 Å². The van der Waals surface area contributed by atoms with Crippen molar-refractivity contribution in [1.82, 2.24) is 34.7 Å². The molecule has 0 spiro atoms. The second-order valence-electron chi connectivity index (χ2n) is 10.2. The molecule has 2 atom stereocenters. The van der Waals surface area contributed by atoms with Crippen molar-refractivity contribution >= 4 is 5.78 Å². The first kappa shape index (κ1) is 25.8. The van der Waals surface area contributed by atoms with Crippen LogP contribution in [-0.2, 0) is 17.8 Å². The highest BCUT2D eigenvalue weighted by Crippen LogP contribution is 2.32. The van der Waals surface area contributed by atoms with E-state index in [2.05, 4.69) is 34.5 Å². The minimum Gasteiger partial charge on any atom is -0.297 e. The number of aromatic nitrogens is 7. The molecule has 3 aromatic heterocycles. The number of hydrogen-bond acceptors (Lipinski definition) is 6. The maximum absolute atomic E-state index is 13.8. The lowest BCUT2D eigenvalue weighted by atomic mass is 9.91. The Morgan fingerprint density at radius 2 is 1.89 bits per heavy atom. The van der Waals surface area contributed by atoms with Crippen molar-refractivity contribution in [1.29, 1.82) is 0 Å². The third kappa shape index (κ3) is 5.23. The molecule has 0 bridgehead atoms. The van der Waals surface area contributed by atoms with Crippen molar-refractivity contribution < 1.29 is 4.79 Å². The Morgan fingerprint density at radius 3 is 2.61 bits per heavy atom. The van der Waals surface area contributed by atoms with E-state index in [4.69, 9.17) is 4.98 Å². The van der Waals surface area contributed by atoms with Gasteiger partial charge in [-0.3, -0.25) is 18.9 Å². The lowest BCUT2D eigenvalue weighted by Crippen LogP contribution is -2.35. The van der Waals surface area contributed by atoms with Gasteiger partial charge >= 0.3 is 5.69 Å². The minimum absolute atomic E-state index is 0.0960. The van der Waals surface area contributed by atoms with Gasteiger partial charge in [-0.2, -0.15) is 5.21 Å². The second kappa shape index (κ2) is 11.7. The van der Waals surface area contributed by atoms with Crippen LogP contribution in [0.5, 0.6) is 0 Å². The largest absolute Gasteiger partial charge is 0.329 e. The summed E-state index contributed by atoms with van der Waals surface area (Å²) >= 11 is 0. The van der Waals surface area contributed by atoms with E-state index in [0.717, 1.165) is 73.0 Å². The van der Waals surface area contributed by atoms with Gasteiger partial charge in [-0.1, -0.05) is 63.4 Å². The molecule has 1 saturated carbocycles. The molecule has 198 valence electrons. The van der Waals surface area contributed by atoms with Gasteiger partial charge in [0, 0.05) is 35.6 Å². The summed E-state index contributed by atoms with van der Waals surface area (Å²) in [5.41, 5.74) is 4.36. The Balaban J connectivity index is 1.46. The molecule has 9 heteroatoms. The molecule has 5 rings (SSSR count). The summed E-state index contributed by atoms with van der Waals surface area (Å²) in [5, 5.41) is 14.4. The average molecular weight is 514 g/mol. The first-order valence-corrected chi connectivity index (χ1v) is 13.7. The molecular weight excluding hydrogens is 478 g/mol. The SMILES string of the molecule is CCCCc1cn(C2C(=O)CCCCC2CC)c(=O)n1Cc1ccc(-c2ccccc2-c2nn[nH]n2)nc1. The number of hydrogen-bond donors (Lipinski definition) is 1. The molecule has 1 aromatic carbocycles. The third-order valence-electron chi connectivity index (χ3n) is 7.68. The molecule has 0 amide bonds. The maximum atomic E-state index is 13.8. The Bertz CT molecular complexity index is 1420. The number of nitrogens with one attached hydrogen (secondary N) is 1. The predicted molar refractivity (Wildman–Crippen MR) is 146 cm³/mol. The smallest absolute Gasteiger partial charge is 0.297 e. The van der Waals surface area contributed by atoms with Crippen molar-refractivity contribution in [2.75, 3.05) is 0 Å². The number of carbonyl (C=O) groups is 1. The van der Waals surface area contributed by atoms with Crippen LogP contribution >= 0.6 is 0 Å². The van der Waals surface area contributed by atoms with Gasteiger partial charge in [-0.05, 0) is 48.4 Å². The van der Waals surface area contributed by atoms with Crippen molar-refractivity contribution in [2.45, 2.75) is 77.8 Å². The molecule has 1 N–H and O–H groups in total. The number of tetrazole rings is 1. The van der Waals surface area contributed by atoms with E-state index in [9.17, 15) is 9.59 Å². The number of benzene rings is 1. The van der Waals surface area contributed by atoms with Crippen LogP contribution in [-0.4, -0.2) is 40.5 Å². The topological polar surface area (TPSA) is 111 Å². The number of pyridine rings is 1. The Hall–Kier alpha value is -3.88. The molecule has 0 aliphatic heterocycles. The quantitative estimate of drug-likeness (QED) is 0.316. The Morgan fingerprint density at radius 1 is 1.05 bits per heavy atom. The fraction of sp³-hybridized carbons (Fsp3) is 0.448. The van der Waals surface area contributed by atoms with Gasteiger partial charge in [0.2, 0.25) is 5.82 Å². The van der Waals surface area contributed by atoms with Gasteiger partial charge in [0.1, 0.15) is 0 Å². The number of unbranched alkanes of at least 4 members (excludes halogenated alkanes) is 1. The summed E-state index contributed by atoms with van der Waals surface area (Å²) in [5.74, 6) is 0.915. The minimum atomic E-state index is -0.362. The van der Waals surface area contributed by atoms with Crippen molar-refractivity contribution in [3.8, 4) is 22.6 Å². The van der Waals surface area contributed by atoms with Gasteiger partial charge in [0.25, 0.3) is 0 Å². The molecule has 4 aromatic rings. The van der Waals surface area contributed by atoms with Crippen LogP contribution in [0, 0.1) is 5.92 Å². The monoisotopic (exact) mass is 513 g/mol. The number of Topliss-reactive ketones (excluding diaryl/α,β-unsaturated/α-hetero) is 1. The first-order chi connectivity index (χ1) is 18.6. The zero-order chi connectivity index (χ0) is 26.5. The molecule has 38 heavy (non-hydrogen) atoms. The van der Waals surface area contributed by atoms with Crippen molar-refractivity contribution in [2.24, 2.45) is 5.92 Å². The van der Waals surface area contributed by atoms with E-state index in [1.165, 1.54) is 0 Å². The molecule has 1 aliphatic carbocycles. The average Bonchev–Trinajstić information content (AvgIpc) is 3.54. The second-order valence-corrected chi connectivity index (χ2v) is 10.2. The van der Waals surface area contributed by atoms with Crippen molar-refractivity contribution in [3.63, 3.8) is 0 Å². The fourth-order valence-electron chi connectivity index (χ4n) is 5.59. The number of imidazole rings is 1. The number of rotatable bonds is 9. The van der Waals surface area contributed by atoms with E-state index < -0.39 is 0 Å². The zero-order valence-electron chi connectivity index (χ0n) is 22.1. The van der Waals surface area contributed by atoms with E-state index >= 15 is 0 Å². The standard InChI is InChI=1S/C29H35N7O2/c1-3-5-11-22-19-36(27-21(4-2)10-6-9-14-26(27)37)29(38)35(22)18-20-15-16-25(30-17-20)23-12-7-8-13-24(23)28-31-33-34-32-28/h7-8,12-13,15-17,19,21,27H,3-6,9-11,14,18H2,1-2H3,(H,31,32,33,34). The Labute approximate surface area is 222 Å². The van der Waals surface area contributed by atoms with E-state index in [-0.39, 0.29) is 23.4 Å². The highest BCUT2D eigenvalue weighted by Gasteiger charge is 2.32. The molecule has 9 nitrogen and oxygen atoms in total. The third-order valence-corrected chi connectivity index (χ3v) is 7.68. The number of ketones is 1. The van der Waals surface area contributed by atoms with Gasteiger partial charge in [0.05, 0.1) is 18.3 Å². The van der Waals surface area contributed by atoms with Gasteiger partial charge < -0.3 is 0 Å². The predicted octanol–water partition coefficient (Wildman–Crippen LogP) is 4.99. The fourth-order valence-corrected chi connectivity index (χ4v) is 5.59. The first-order valence-electron chi connectivity index (χ1n) is 13.7. The summed E-state index contributed by atoms with van der Waals surface area (Å²) < 4.78 is 3.58. The summed E-state index contributed by atoms with van der Waals surface area (Å²) in [4.78, 5) is 31.6. The highest BCUT2D eigenvalue weighted by atomic mass is 16.2. The molecule has 0 radical (unpaired) electrons.